The van der Waals surface area contributed by atoms with Crippen molar-refractivity contribution in [3.05, 3.63) is 65.5 Å². The lowest BCUT2D eigenvalue weighted by Crippen LogP contribution is -2.48. The molecule has 0 spiro atoms. The van der Waals surface area contributed by atoms with Gasteiger partial charge in [0.2, 0.25) is 0 Å². The first kappa shape index (κ1) is 25.4. The predicted molar refractivity (Wildman–Crippen MR) is 143 cm³/mol. The number of fused-ring (bicyclic) bond motifs is 3. The van der Waals surface area contributed by atoms with Crippen LogP contribution in [0.4, 0.5) is 9.18 Å². The van der Waals surface area contributed by atoms with E-state index in [0.717, 1.165) is 31.2 Å². The molecule has 1 aromatic rings. The highest BCUT2D eigenvalue weighted by atomic mass is 19.1. The Balaban J connectivity index is 1.24. The fraction of sp³-hybridized carbons (Fsp3) is 0.562. The van der Waals surface area contributed by atoms with Gasteiger partial charge in [0, 0.05) is 12.0 Å². The van der Waals surface area contributed by atoms with Gasteiger partial charge in [-0.2, -0.15) is 0 Å². The molecule has 1 heterocycles. The Bertz CT molecular complexity index is 1200. The minimum atomic E-state index is -0.349. The van der Waals surface area contributed by atoms with Gasteiger partial charge in [0.05, 0.1) is 12.5 Å². The summed E-state index contributed by atoms with van der Waals surface area (Å²) in [5.41, 5.74) is 3.54. The highest BCUT2D eigenvalue weighted by Gasteiger charge is 2.55. The molecule has 0 bridgehead atoms. The molecule has 6 heteroatoms. The van der Waals surface area contributed by atoms with E-state index in [1.807, 2.05) is 19.9 Å². The van der Waals surface area contributed by atoms with Gasteiger partial charge in [0.15, 0.2) is 0 Å². The van der Waals surface area contributed by atoms with Gasteiger partial charge in [0.25, 0.3) is 0 Å². The molecule has 3 saturated carbocycles. The summed E-state index contributed by atoms with van der Waals surface area (Å²) in [5.74, 6) is 2.38. The van der Waals surface area contributed by atoms with Crippen LogP contribution in [0.3, 0.4) is 0 Å². The Hall–Kier alpha value is -2.89. The minimum absolute atomic E-state index is 0.0599. The molecule has 1 amide bonds. The number of hydrogen-bond acceptors (Lipinski definition) is 4. The summed E-state index contributed by atoms with van der Waals surface area (Å²) in [4.78, 5) is 24.8. The van der Waals surface area contributed by atoms with Crippen molar-refractivity contribution in [1.29, 1.82) is 0 Å². The summed E-state index contributed by atoms with van der Waals surface area (Å²) in [7, 11) is 0. The van der Waals surface area contributed by atoms with Crippen LogP contribution in [-0.2, 0) is 14.3 Å². The number of carbonyl (C=O) groups is 2. The fourth-order valence-electron chi connectivity index (χ4n) is 8.29. The van der Waals surface area contributed by atoms with Crippen LogP contribution in [-0.4, -0.2) is 30.8 Å². The summed E-state index contributed by atoms with van der Waals surface area (Å²) < 4.78 is 24.7. The van der Waals surface area contributed by atoms with E-state index in [0.29, 0.717) is 36.2 Å². The van der Waals surface area contributed by atoms with E-state index >= 15 is 0 Å². The monoisotopic (exact) mass is 519 g/mol. The lowest BCUT2D eigenvalue weighted by molar-refractivity contribution is -0.144. The first-order valence-corrected chi connectivity index (χ1v) is 14.3. The molecule has 3 unspecified atom stereocenters. The van der Waals surface area contributed by atoms with E-state index in [4.69, 9.17) is 9.47 Å². The number of cyclic esters (lactones) is 1. The van der Waals surface area contributed by atoms with E-state index in [1.54, 1.807) is 12.1 Å². The summed E-state index contributed by atoms with van der Waals surface area (Å²) in [6, 6.07) is 7.00. The number of halogens is 1. The van der Waals surface area contributed by atoms with Gasteiger partial charge in [-0.15, -0.1) is 0 Å². The van der Waals surface area contributed by atoms with Crippen molar-refractivity contribution >= 4 is 17.6 Å². The Morgan fingerprint density at radius 2 is 2.03 bits per heavy atom. The Labute approximate surface area is 224 Å². The first-order valence-electron chi connectivity index (χ1n) is 14.3. The molecule has 4 fully saturated rings. The third kappa shape index (κ3) is 4.50. The normalized spacial score (nSPS) is 39.3. The Morgan fingerprint density at radius 1 is 1.18 bits per heavy atom. The minimum Gasteiger partial charge on any atom is -0.462 e. The number of nitrogens with one attached hydrogen (secondary N) is 1. The molecule has 202 valence electrons. The van der Waals surface area contributed by atoms with Gasteiger partial charge in [-0.25, -0.2) is 9.18 Å². The number of allylic oxidation sites excluding steroid dienone is 6. The van der Waals surface area contributed by atoms with E-state index in [9.17, 15) is 14.0 Å². The first-order chi connectivity index (χ1) is 18.4. The number of alkyl carbamates (subject to hydrolysis) is 1. The zero-order valence-electron chi connectivity index (χ0n) is 22.4. The molecule has 4 aliphatic carbocycles. The molecule has 1 aromatic carbocycles. The molecule has 10 atom stereocenters. The van der Waals surface area contributed by atoms with Gasteiger partial charge >= 0.3 is 12.1 Å². The van der Waals surface area contributed by atoms with Crippen LogP contribution in [0.2, 0.25) is 0 Å². The second kappa shape index (κ2) is 10.0. The summed E-state index contributed by atoms with van der Waals surface area (Å²) in [6.45, 7) is 6.50. The Kier molecular flexibility index (Phi) is 6.69. The topological polar surface area (TPSA) is 64.6 Å². The zero-order chi connectivity index (χ0) is 26.6. The van der Waals surface area contributed by atoms with Crippen LogP contribution in [0.25, 0.3) is 5.57 Å². The van der Waals surface area contributed by atoms with Gasteiger partial charge in [-0.3, -0.25) is 4.79 Å². The van der Waals surface area contributed by atoms with E-state index in [2.05, 4.69) is 36.5 Å². The SMILES string of the molecule is CCOC(=O)N[C@H]1CC[C@H]2[C@H](C1)C[C@@H]1C(=O)O[C@H](C)[C@H]1[C@@H]2/C=C/C1=CC=C(c2cccc(F)c2)C2C(C)C12. The second-order valence-electron chi connectivity index (χ2n) is 12.0. The molecule has 5 aliphatic rings. The number of carbonyl (C=O) groups excluding carboxylic acids is 2. The largest absolute Gasteiger partial charge is 0.462 e. The molecule has 6 rings (SSSR count). The van der Waals surface area contributed by atoms with Crippen LogP contribution in [0, 0.1) is 53.2 Å². The van der Waals surface area contributed by atoms with E-state index in [-0.39, 0.29) is 47.8 Å². The van der Waals surface area contributed by atoms with Crippen molar-refractivity contribution in [2.75, 3.05) is 6.61 Å². The number of hydrogen-bond donors (Lipinski definition) is 1. The van der Waals surface area contributed by atoms with Crippen LogP contribution >= 0.6 is 0 Å². The average molecular weight is 520 g/mol. The third-order valence-corrected chi connectivity index (χ3v) is 9.99. The molecule has 0 aromatic heterocycles. The van der Waals surface area contributed by atoms with Crippen LogP contribution in [0.15, 0.2) is 54.1 Å². The quantitative estimate of drug-likeness (QED) is 0.463. The van der Waals surface area contributed by atoms with Crippen molar-refractivity contribution in [2.24, 2.45) is 47.3 Å². The van der Waals surface area contributed by atoms with Gasteiger partial charge in [-0.05, 0) is 104 Å². The van der Waals surface area contributed by atoms with E-state index < -0.39 is 0 Å². The van der Waals surface area contributed by atoms with E-state index in [1.165, 1.54) is 17.2 Å². The van der Waals surface area contributed by atoms with Gasteiger partial charge < -0.3 is 14.8 Å². The predicted octanol–water partition coefficient (Wildman–Crippen LogP) is 6.32. The number of benzene rings is 1. The molecule has 1 aliphatic heterocycles. The lowest BCUT2D eigenvalue weighted by Gasteiger charge is -2.47. The highest BCUT2D eigenvalue weighted by Crippen LogP contribution is 2.60. The Morgan fingerprint density at radius 3 is 2.82 bits per heavy atom. The second-order valence-corrected chi connectivity index (χ2v) is 12.0. The molecule has 1 N–H and O–H groups in total. The summed E-state index contributed by atoms with van der Waals surface area (Å²) in [6.07, 6.45) is 12.3. The maximum atomic E-state index is 13.9. The van der Waals surface area contributed by atoms with Crippen LogP contribution in [0.5, 0.6) is 0 Å². The highest BCUT2D eigenvalue weighted by molar-refractivity contribution is 5.76. The maximum absolute atomic E-state index is 13.9. The van der Waals surface area contributed by atoms with Crippen molar-refractivity contribution in [3.8, 4) is 0 Å². The third-order valence-electron chi connectivity index (χ3n) is 9.99. The molecular formula is C32H38FNO4. The maximum Gasteiger partial charge on any atom is 0.407 e. The van der Waals surface area contributed by atoms with Crippen LogP contribution in [0.1, 0.15) is 52.0 Å². The summed E-state index contributed by atoms with van der Waals surface area (Å²) in [5, 5.41) is 3.03. The van der Waals surface area contributed by atoms with Crippen molar-refractivity contribution in [3.63, 3.8) is 0 Å². The molecule has 1 saturated heterocycles. The zero-order valence-corrected chi connectivity index (χ0v) is 22.4. The van der Waals surface area contributed by atoms with Crippen molar-refractivity contribution < 1.29 is 23.5 Å². The molecule has 0 radical (unpaired) electrons. The lowest BCUT2D eigenvalue weighted by atomic mass is 9.57. The van der Waals surface area contributed by atoms with Gasteiger partial charge in [-0.1, -0.05) is 43.4 Å². The molecular weight excluding hydrogens is 481 g/mol. The smallest absolute Gasteiger partial charge is 0.407 e. The van der Waals surface area contributed by atoms with Crippen LogP contribution < -0.4 is 5.32 Å². The van der Waals surface area contributed by atoms with Crippen molar-refractivity contribution in [2.45, 2.75) is 58.6 Å². The van der Waals surface area contributed by atoms with Crippen molar-refractivity contribution in [1.82, 2.24) is 5.32 Å². The number of amides is 1. The standard InChI is InChI=1S/C32H38FNO4/c1-4-37-32(36)34-23-10-13-24-21(15-23)16-27-30(18(3)38-31(27)35)26(24)12-9-19-8-11-25(29-17(2)28(19)29)20-6-5-7-22(33)14-20/h5-9,11-12,14,17-18,21,23-24,26-30H,4,10,13,15-16H2,1-3H3,(H,34,36)/b12-9+/t17?,18-,21-,23+,24+,26-,27+,28?,29?,30+/m1/s1. The number of rotatable bonds is 5. The summed E-state index contributed by atoms with van der Waals surface area (Å²) >= 11 is 0. The molecule has 38 heavy (non-hydrogen) atoms. The number of esters is 1. The molecule has 5 nitrogen and oxygen atoms in total. The average Bonchev–Trinajstić information content (AvgIpc) is 3.48. The fourth-order valence-corrected chi connectivity index (χ4v) is 8.29. The van der Waals surface area contributed by atoms with Gasteiger partial charge in [0.1, 0.15) is 11.9 Å². The number of ether oxygens (including phenoxy) is 2.